The predicted molar refractivity (Wildman–Crippen MR) is 264 cm³/mol. The highest BCUT2D eigenvalue weighted by molar-refractivity contribution is 6.31. The van der Waals surface area contributed by atoms with Crippen molar-refractivity contribution < 1.29 is 4.42 Å². The highest BCUT2D eigenvalue weighted by atomic mass is 16.3. The second-order valence-corrected chi connectivity index (χ2v) is 17.7. The van der Waals surface area contributed by atoms with Gasteiger partial charge in [-0.25, -0.2) is 9.97 Å². The summed E-state index contributed by atoms with van der Waals surface area (Å²) in [5, 5.41) is 8.15. The number of fused-ring (bicyclic) bond motifs is 16. The van der Waals surface area contributed by atoms with E-state index in [1.807, 2.05) is 12.1 Å². The molecule has 1 aliphatic rings. The maximum Gasteiger partial charge on any atom is 0.235 e. The van der Waals surface area contributed by atoms with E-state index in [1.165, 1.54) is 49.4 Å². The van der Waals surface area contributed by atoms with Gasteiger partial charge in [0.1, 0.15) is 11.2 Å². The minimum Gasteiger partial charge on any atom is -0.455 e. The first-order chi connectivity index (χ1) is 31.5. The van der Waals surface area contributed by atoms with Crippen LogP contribution < -0.4 is 0 Å². The Balaban J connectivity index is 1.09. The maximum absolute atomic E-state index is 6.46. The summed E-state index contributed by atoms with van der Waals surface area (Å²) in [7, 11) is 0. The van der Waals surface area contributed by atoms with Crippen LogP contribution in [0.4, 0.5) is 0 Å². The highest BCUT2D eigenvalue weighted by Gasteiger charge is 2.41. The van der Waals surface area contributed by atoms with Gasteiger partial charge < -0.3 is 8.98 Å². The van der Waals surface area contributed by atoms with Gasteiger partial charge in [0.05, 0.1) is 33.3 Å². The average Bonchev–Trinajstić information content (AvgIpc) is 4.07. The van der Waals surface area contributed by atoms with Gasteiger partial charge in [-0.05, 0) is 58.7 Å². The zero-order valence-electron chi connectivity index (χ0n) is 35.2. The Kier molecular flexibility index (Phi) is 7.11. The topological polar surface area (TPSA) is 48.8 Å². The summed E-state index contributed by atoms with van der Waals surface area (Å²) in [5.41, 5.74) is 17.3. The molecule has 0 N–H and O–H groups in total. The Morgan fingerprint density at radius 1 is 0.453 bits per heavy atom. The summed E-state index contributed by atoms with van der Waals surface area (Å²) >= 11 is 0. The number of para-hydroxylation sites is 6. The lowest BCUT2D eigenvalue weighted by Crippen LogP contribution is -2.15. The normalized spacial score (nSPS) is 13.3. The van der Waals surface area contributed by atoms with Gasteiger partial charge in [-0.15, -0.1) is 0 Å². The molecule has 5 heteroatoms. The minimum atomic E-state index is -0.296. The van der Waals surface area contributed by atoms with E-state index in [-0.39, 0.29) is 5.41 Å². The van der Waals surface area contributed by atoms with Crippen LogP contribution in [0, 0.1) is 0 Å². The largest absolute Gasteiger partial charge is 0.455 e. The van der Waals surface area contributed by atoms with Crippen molar-refractivity contribution >= 4 is 76.5 Å². The number of hydrogen-bond acceptors (Lipinski definition) is 3. The quantitative estimate of drug-likeness (QED) is 0.178. The number of nitrogens with zero attached hydrogens (tertiary/aromatic N) is 4. The van der Waals surface area contributed by atoms with Gasteiger partial charge in [0.25, 0.3) is 0 Å². The number of benzene rings is 9. The monoisotopic (exact) mass is 818 g/mol. The van der Waals surface area contributed by atoms with Crippen molar-refractivity contribution in [1.29, 1.82) is 0 Å². The van der Waals surface area contributed by atoms with E-state index in [0.717, 1.165) is 77.3 Å². The smallest absolute Gasteiger partial charge is 0.235 e. The number of rotatable bonds is 4. The van der Waals surface area contributed by atoms with Gasteiger partial charge in [-0.2, -0.15) is 0 Å². The molecule has 4 heterocycles. The molecule has 64 heavy (non-hydrogen) atoms. The van der Waals surface area contributed by atoms with Gasteiger partial charge in [0.15, 0.2) is 0 Å². The fourth-order valence-corrected chi connectivity index (χ4v) is 11.2. The molecule has 300 valence electrons. The second-order valence-electron chi connectivity index (χ2n) is 17.7. The lowest BCUT2D eigenvalue weighted by atomic mass is 9.80. The van der Waals surface area contributed by atoms with Crippen molar-refractivity contribution in [3.63, 3.8) is 0 Å². The van der Waals surface area contributed by atoms with Crippen LogP contribution in [-0.2, 0) is 5.41 Å². The first-order valence-electron chi connectivity index (χ1n) is 22.0. The van der Waals surface area contributed by atoms with Crippen molar-refractivity contribution in [3.05, 3.63) is 205 Å². The third kappa shape index (κ3) is 4.67. The van der Waals surface area contributed by atoms with E-state index in [1.54, 1.807) is 0 Å². The summed E-state index contributed by atoms with van der Waals surface area (Å²) in [6.07, 6.45) is 0. The Morgan fingerprint density at radius 2 is 1.06 bits per heavy atom. The summed E-state index contributed by atoms with van der Waals surface area (Å²) in [6, 6.07) is 69.4. The molecule has 0 saturated heterocycles. The molecule has 5 nitrogen and oxygen atoms in total. The number of aromatic nitrogens is 4. The van der Waals surface area contributed by atoms with Crippen LogP contribution in [-0.4, -0.2) is 19.1 Å². The molecular weight excluding hydrogens is 781 g/mol. The Labute approximate surface area is 368 Å². The molecule has 13 aromatic rings. The summed E-state index contributed by atoms with van der Waals surface area (Å²) in [4.78, 5) is 11.1. The van der Waals surface area contributed by atoms with Gasteiger partial charge in [0.2, 0.25) is 5.95 Å². The number of hydrogen-bond donors (Lipinski definition) is 0. The van der Waals surface area contributed by atoms with Gasteiger partial charge in [-0.1, -0.05) is 172 Å². The molecule has 14 rings (SSSR count). The van der Waals surface area contributed by atoms with Gasteiger partial charge >= 0.3 is 0 Å². The summed E-state index contributed by atoms with van der Waals surface area (Å²) < 4.78 is 11.3. The van der Waals surface area contributed by atoms with Crippen molar-refractivity contribution in [2.24, 2.45) is 0 Å². The van der Waals surface area contributed by atoms with Crippen LogP contribution >= 0.6 is 0 Å². The van der Waals surface area contributed by atoms with Gasteiger partial charge in [0, 0.05) is 65.5 Å². The van der Waals surface area contributed by atoms with Crippen molar-refractivity contribution in [2.45, 2.75) is 19.3 Å². The number of furan rings is 1. The van der Waals surface area contributed by atoms with Crippen LogP contribution in [0.1, 0.15) is 25.0 Å². The maximum atomic E-state index is 6.46. The molecule has 0 saturated carbocycles. The van der Waals surface area contributed by atoms with Gasteiger partial charge in [-0.3, -0.25) is 4.57 Å². The SMILES string of the molecule is CC1(C)c2ccccc2-c2c1c1c3ccccc3n(-c3ccccc3)c1c1c3ccccc3n(-c3nc(-c4ccc(-c5cccc6c5oc5ccccc56)cc4)c4ccccc4n3)c21. The molecule has 9 aromatic carbocycles. The van der Waals surface area contributed by atoms with Crippen LogP contribution in [0.2, 0.25) is 0 Å². The standard InChI is InChI=1S/C59H38N4O/c1-59(2)45-26-11-6-20-41(45)50-53(59)51-43-22-8-13-28-47(43)62(37-17-4-3-5-18-37)55(51)52-44-23-9-14-29-48(44)63(56(50)52)58-60-46-27-12-7-21-42(46)54(61-58)36-33-31-35(32-34-36)38-24-16-25-40-39-19-10-15-30-49(39)64-57(38)40/h3-34H,1-2H3. The predicted octanol–water partition coefficient (Wildman–Crippen LogP) is 15.4. The molecule has 0 unspecified atom stereocenters. The minimum absolute atomic E-state index is 0.296. The third-order valence-electron chi connectivity index (χ3n) is 13.9. The second kappa shape index (κ2) is 12.9. The molecule has 0 fully saturated rings. The first kappa shape index (κ1) is 35.3. The lowest BCUT2D eigenvalue weighted by Gasteiger charge is -2.23. The molecule has 0 aliphatic heterocycles. The molecule has 4 aromatic heterocycles. The molecule has 1 aliphatic carbocycles. The van der Waals surface area contributed by atoms with Crippen LogP contribution in [0.3, 0.4) is 0 Å². The van der Waals surface area contributed by atoms with E-state index in [4.69, 9.17) is 14.4 Å². The van der Waals surface area contributed by atoms with E-state index in [2.05, 4.69) is 205 Å². The van der Waals surface area contributed by atoms with Crippen LogP contribution in [0.25, 0.3) is 122 Å². The summed E-state index contributed by atoms with van der Waals surface area (Å²) in [5.74, 6) is 0.641. The Bertz CT molecular complexity index is 4090. The van der Waals surface area contributed by atoms with Crippen molar-refractivity contribution in [3.8, 4) is 45.1 Å². The van der Waals surface area contributed by atoms with Crippen LogP contribution in [0.5, 0.6) is 0 Å². The molecule has 0 amide bonds. The molecular formula is C59H38N4O. The zero-order valence-corrected chi connectivity index (χ0v) is 35.2. The van der Waals surface area contributed by atoms with E-state index >= 15 is 0 Å². The zero-order chi connectivity index (χ0) is 42.3. The van der Waals surface area contributed by atoms with Crippen LogP contribution in [0.15, 0.2) is 199 Å². The fourth-order valence-electron chi connectivity index (χ4n) is 11.2. The Hall–Kier alpha value is -8.28. The average molecular weight is 819 g/mol. The highest BCUT2D eigenvalue weighted by Crippen LogP contribution is 2.58. The molecule has 0 bridgehead atoms. The Morgan fingerprint density at radius 3 is 1.88 bits per heavy atom. The van der Waals surface area contributed by atoms with E-state index in [0.29, 0.717) is 5.95 Å². The molecule has 0 spiro atoms. The fraction of sp³-hybridized carbons (Fsp3) is 0.0508. The molecule has 0 atom stereocenters. The van der Waals surface area contributed by atoms with E-state index in [9.17, 15) is 0 Å². The first-order valence-corrected chi connectivity index (χ1v) is 22.0. The van der Waals surface area contributed by atoms with Crippen molar-refractivity contribution in [1.82, 2.24) is 19.1 Å². The lowest BCUT2D eigenvalue weighted by molar-refractivity contribution is 0.667. The molecule has 0 radical (unpaired) electrons. The third-order valence-corrected chi connectivity index (χ3v) is 13.9. The van der Waals surface area contributed by atoms with E-state index < -0.39 is 0 Å². The van der Waals surface area contributed by atoms with Crippen molar-refractivity contribution in [2.75, 3.05) is 0 Å². The summed E-state index contributed by atoms with van der Waals surface area (Å²) in [6.45, 7) is 4.79.